The Morgan fingerprint density at radius 3 is 1.00 bits per heavy atom. The van der Waals surface area contributed by atoms with E-state index in [9.17, 15) is 9.59 Å². The largest absolute Gasteiger partial charge is 0.345 e. The van der Waals surface area contributed by atoms with Gasteiger partial charge >= 0.3 is 12.1 Å². The minimum atomic E-state index is -0.322. The predicted octanol–water partition coefficient (Wildman–Crippen LogP) is 6.33. The zero-order valence-corrected chi connectivity index (χ0v) is 15.5. The van der Waals surface area contributed by atoms with E-state index in [1.807, 2.05) is 53.7 Å². The summed E-state index contributed by atoms with van der Waals surface area (Å²) in [6.45, 7) is 12.0. The highest BCUT2D eigenvalue weighted by Crippen LogP contribution is 2.29. The molecule has 1 fully saturated rings. The average molecular weight is 328 g/mol. The SMILES string of the molecule is CC.CC.CC.O=C1N(c2ccccc2)C(=O)N1c1ccccc1. The highest BCUT2D eigenvalue weighted by atomic mass is 16.2. The van der Waals surface area contributed by atoms with Gasteiger partial charge in [-0.05, 0) is 24.3 Å². The fourth-order valence-corrected chi connectivity index (χ4v) is 1.91. The number of carbonyl (C=O) groups is 2. The van der Waals surface area contributed by atoms with E-state index in [0.29, 0.717) is 11.4 Å². The van der Waals surface area contributed by atoms with E-state index in [0.717, 1.165) is 9.80 Å². The Morgan fingerprint density at radius 2 is 0.750 bits per heavy atom. The van der Waals surface area contributed by atoms with Gasteiger partial charge in [-0.3, -0.25) is 0 Å². The van der Waals surface area contributed by atoms with Crippen LogP contribution in [0.2, 0.25) is 0 Å². The molecule has 0 aromatic heterocycles. The second-order valence-corrected chi connectivity index (χ2v) is 3.91. The summed E-state index contributed by atoms with van der Waals surface area (Å²) < 4.78 is 0. The summed E-state index contributed by atoms with van der Waals surface area (Å²) in [5, 5.41) is 0. The lowest BCUT2D eigenvalue weighted by Crippen LogP contribution is -2.64. The molecule has 0 saturated carbocycles. The number of hydrogen-bond acceptors (Lipinski definition) is 2. The molecule has 4 heteroatoms. The molecule has 0 spiro atoms. The predicted molar refractivity (Wildman–Crippen MR) is 103 cm³/mol. The molecule has 24 heavy (non-hydrogen) atoms. The first-order chi connectivity index (χ1) is 11.8. The molecule has 1 aliphatic heterocycles. The zero-order chi connectivity index (χ0) is 18.5. The highest BCUT2D eigenvalue weighted by molar-refractivity contribution is 6.41. The molecular formula is C20H28N2O2. The number of urea groups is 2. The lowest BCUT2D eigenvalue weighted by atomic mass is 10.2. The number of amides is 4. The van der Waals surface area contributed by atoms with Crippen molar-refractivity contribution in [1.82, 2.24) is 0 Å². The first-order valence-electron chi connectivity index (χ1n) is 8.57. The van der Waals surface area contributed by atoms with Gasteiger partial charge in [0.1, 0.15) is 0 Å². The van der Waals surface area contributed by atoms with Crippen molar-refractivity contribution >= 4 is 23.4 Å². The average Bonchev–Trinajstić information content (AvgIpc) is 2.68. The van der Waals surface area contributed by atoms with Crippen molar-refractivity contribution in [1.29, 1.82) is 0 Å². The molecule has 0 N–H and O–H groups in total. The molecule has 0 radical (unpaired) electrons. The van der Waals surface area contributed by atoms with E-state index in [4.69, 9.17) is 0 Å². The molecule has 3 rings (SSSR count). The molecule has 2 aromatic carbocycles. The summed E-state index contributed by atoms with van der Waals surface area (Å²) in [5.41, 5.74) is 1.19. The summed E-state index contributed by atoms with van der Waals surface area (Å²) in [6.07, 6.45) is 0. The van der Waals surface area contributed by atoms with Crippen molar-refractivity contribution in [3.8, 4) is 0 Å². The molecule has 1 heterocycles. The Labute approximate surface area is 145 Å². The van der Waals surface area contributed by atoms with Gasteiger partial charge in [-0.2, -0.15) is 0 Å². The lowest BCUT2D eigenvalue weighted by molar-refractivity contribution is 0.226. The Bertz CT molecular complexity index is 530. The number of hydrogen-bond donors (Lipinski definition) is 0. The third kappa shape index (κ3) is 4.69. The van der Waals surface area contributed by atoms with E-state index in [1.54, 1.807) is 48.5 Å². The summed E-state index contributed by atoms with van der Waals surface area (Å²) >= 11 is 0. The van der Waals surface area contributed by atoms with Gasteiger partial charge in [-0.25, -0.2) is 19.4 Å². The van der Waals surface area contributed by atoms with Crippen molar-refractivity contribution in [3.05, 3.63) is 60.7 Å². The molecule has 2 aromatic rings. The maximum atomic E-state index is 12.0. The minimum absolute atomic E-state index is 0.322. The highest BCUT2D eigenvalue weighted by Gasteiger charge is 2.45. The number of imide groups is 2. The molecule has 0 bridgehead atoms. The van der Waals surface area contributed by atoms with E-state index in [1.165, 1.54) is 0 Å². The summed E-state index contributed by atoms with van der Waals surface area (Å²) in [7, 11) is 0. The van der Waals surface area contributed by atoms with Gasteiger partial charge < -0.3 is 0 Å². The maximum absolute atomic E-state index is 12.0. The number of nitrogens with zero attached hydrogens (tertiary/aromatic N) is 2. The van der Waals surface area contributed by atoms with Crippen LogP contribution in [-0.4, -0.2) is 12.1 Å². The van der Waals surface area contributed by atoms with Gasteiger partial charge in [0, 0.05) is 0 Å². The molecular weight excluding hydrogens is 300 g/mol. The van der Waals surface area contributed by atoms with Crippen LogP contribution in [0.5, 0.6) is 0 Å². The van der Waals surface area contributed by atoms with Crippen molar-refractivity contribution in [2.45, 2.75) is 41.5 Å². The van der Waals surface area contributed by atoms with Gasteiger partial charge in [0.25, 0.3) is 0 Å². The van der Waals surface area contributed by atoms with E-state index in [2.05, 4.69) is 0 Å². The fraction of sp³-hybridized carbons (Fsp3) is 0.300. The maximum Gasteiger partial charge on any atom is 0.345 e. The lowest BCUT2D eigenvalue weighted by Gasteiger charge is -2.38. The topological polar surface area (TPSA) is 40.6 Å². The molecule has 1 aliphatic rings. The number of carbonyl (C=O) groups excluding carboxylic acids is 2. The normalized spacial score (nSPS) is 11.8. The van der Waals surface area contributed by atoms with Crippen molar-refractivity contribution in [2.24, 2.45) is 0 Å². The second kappa shape index (κ2) is 11.9. The van der Waals surface area contributed by atoms with E-state index in [-0.39, 0.29) is 12.1 Å². The smallest absolute Gasteiger partial charge is 0.246 e. The summed E-state index contributed by atoms with van der Waals surface area (Å²) in [6, 6.07) is 17.1. The van der Waals surface area contributed by atoms with Crippen LogP contribution in [0, 0.1) is 0 Å². The second-order valence-electron chi connectivity index (χ2n) is 3.91. The molecule has 4 nitrogen and oxygen atoms in total. The first kappa shape index (κ1) is 21.4. The van der Waals surface area contributed by atoms with Crippen molar-refractivity contribution in [3.63, 3.8) is 0 Å². The Kier molecular flexibility index (Phi) is 10.6. The van der Waals surface area contributed by atoms with Gasteiger partial charge in [-0.1, -0.05) is 77.9 Å². The van der Waals surface area contributed by atoms with Crippen molar-refractivity contribution < 1.29 is 9.59 Å². The van der Waals surface area contributed by atoms with Gasteiger partial charge in [0.15, 0.2) is 0 Å². The van der Waals surface area contributed by atoms with E-state index >= 15 is 0 Å². The van der Waals surface area contributed by atoms with Gasteiger partial charge in [-0.15, -0.1) is 0 Å². The fourth-order valence-electron chi connectivity index (χ4n) is 1.91. The number of para-hydroxylation sites is 2. The Hall–Kier alpha value is -2.62. The van der Waals surface area contributed by atoms with Crippen molar-refractivity contribution in [2.75, 3.05) is 9.80 Å². The van der Waals surface area contributed by atoms with Crippen LogP contribution < -0.4 is 9.80 Å². The molecule has 0 atom stereocenters. The molecule has 1 saturated heterocycles. The Morgan fingerprint density at radius 1 is 0.500 bits per heavy atom. The Balaban J connectivity index is 0.000000798. The molecule has 0 aliphatic carbocycles. The zero-order valence-electron chi connectivity index (χ0n) is 15.5. The van der Waals surface area contributed by atoms with Crippen LogP contribution in [0.3, 0.4) is 0 Å². The van der Waals surface area contributed by atoms with E-state index < -0.39 is 0 Å². The van der Waals surface area contributed by atoms with Gasteiger partial charge in [0.2, 0.25) is 0 Å². The van der Waals surface area contributed by atoms with Crippen LogP contribution in [-0.2, 0) is 0 Å². The third-order valence-corrected chi connectivity index (χ3v) is 2.79. The van der Waals surface area contributed by atoms with Crippen LogP contribution >= 0.6 is 0 Å². The summed E-state index contributed by atoms with van der Waals surface area (Å²) in [4.78, 5) is 26.3. The molecule has 130 valence electrons. The van der Waals surface area contributed by atoms with Gasteiger partial charge in [0.05, 0.1) is 11.4 Å². The quantitative estimate of drug-likeness (QED) is 0.646. The van der Waals surface area contributed by atoms with Crippen LogP contribution in [0.1, 0.15) is 41.5 Å². The minimum Gasteiger partial charge on any atom is -0.246 e. The van der Waals surface area contributed by atoms with Crippen LogP contribution in [0.4, 0.5) is 21.0 Å². The van der Waals surface area contributed by atoms with Crippen LogP contribution in [0.15, 0.2) is 60.7 Å². The molecule has 0 unspecified atom stereocenters. The number of benzene rings is 2. The third-order valence-electron chi connectivity index (χ3n) is 2.79. The monoisotopic (exact) mass is 328 g/mol. The first-order valence-corrected chi connectivity index (χ1v) is 8.57. The van der Waals surface area contributed by atoms with Crippen LogP contribution in [0.25, 0.3) is 0 Å². The summed E-state index contributed by atoms with van der Waals surface area (Å²) in [5.74, 6) is 0. The number of anilines is 2. The standard InChI is InChI=1S/C14H10N2O2.3C2H6/c17-13-15(11-7-3-1-4-8-11)14(18)16(13)12-9-5-2-6-10-12;3*1-2/h1-10H;3*1-2H3. The molecule has 4 amide bonds. The number of rotatable bonds is 2.